The molecule has 2 aromatic rings. The van der Waals surface area contributed by atoms with Crippen molar-refractivity contribution in [2.24, 2.45) is 0 Å². The number of piperidine rings is 1. The quantitative estimate of drug-likeness (QED) is 0.926. The van der Waals surface area contributed by atoms with Crippen molar-refractivity contribution < 1.29 is 9.13 Å². The van der Waals surface area contributed by atoms with Crippen molar-refractivity contribution in [2.45, 2.75) is 37.5 Å². The van der Waals surface area contributed by atoms with Crippen molar-refractivity contribution in [1.82, 2.24) is 14.9 Å². The summed E-state index contributed by atoms with van der Waals surface area (Å²) in [7, 11) is 0. The van der Waals surface area contributed by atoms with E-state index in [1.54, 1.807) is 18.5 Å². The van der Waals surface area contributed by atoms with Crippen LogP contribution in [0, 0.1) is 5.82 Å². The Labute approximate surface area is 147 Å². The number of aromatic nitrogens is 2. The number of anilines is 1. The zero-order valence-corrected chi connectivity index (χ0v) is 14.2. The summed E-state index contributed by atoms with van der Waals surface area (Å²) in [5.74, 6) is 0.00136. The lowest BCUT2D eigenvalue weighted by atomic mass is 9.88. The number of halogens is 1. The predicted octanol–water partition coefficient (Wildman–Crippen LogP) is 2.85. The first kappa shape index (κ1) is 16.4. The zero-order chi connectivity index (χ0) is 17.1. The summed E-state index contributed by atoms with van der Waals surface area (Å²) in [5.41, 5.74) is 1.09. The van der Waals surface area contributed by atoms with E-state index in [4.69, 9.17) is 4.74 Å². The van der Waals surface area contributed by atoms with Crippen LogP contribution < -0.4 is 5.32 Å². The van der Waals surface area contributed by atoms with Gasteiger partial charge in [0.05, 0.1) is 18.2 Å². The zero-order valence-electron chi connectivity index (χ0n) is 14.2. The molecule has 2 fully saturated rings. The summed E-state index contributed by atoms with van der Waals surface area (Å²) in [6.07, 6.45) is 8.38. The lowest BCUT2D eigenvalue weighted by Crippen LogP contribution is -2.47. The normalized spacial score (nSPS) is 26.8. The molecule has 2 aliphatic heterocycles. The maximum atomic E-state index is 13.8. The van der Waals surface area contributed by atoms with Crippen molar-refractivity contribution in [2.75, 3.05) is 25.0 Å². The number of likely N-dealkylation sites (tertiary alicyclic amines) is 1. The van der Waals surface area contributed by atoms with Gasteiger partial charge >= 0.3 is 0 Å². The van der Waals surface area contributed by atoms with Gasteiger partial charge in [0.25, 0.3) is 0 Å². The van der Waals surface area contributed by atoms with Crippen LogP contribution in [-0.2, 0) is 11.3 Å². The lowest BCUT2D eigenvalue weighted by Gasteiger charge is -2.39. The first-order valence-electron chi connectivity index (χ1n) is 8.85. The summed E-state index contributed by atoms with van der Waals surface area (Å²) in [6, 6.07) is 7.21. The summed E-state index contributed by atoms with van der Waals surface area (Å²) >= 11 is 0. The average Bonchev–Trinajstić information content (AvgIpc) is 3.00. The molecule has 2 aliphatic rings. The van der Waals surface area contributed by atoms with Gasteiger partial charge < -0.3 is 10.1 Å². The van der Waals surface area contributed by atoms with Crippen molar-refractivity contribution in [3.8, 4) is 0 Å². The smallest absolute Gasteiger partial charge is 0.165 e. The Hall–Kier alpha value is -2.05. The molecule has 25 heavy (non-hydrogen) atoms. The standard InChI is InChI=1S/C19H23FN4O/c20-17-5-2-8-22-18(17)23-16-10-19(25-13-16)6-3-9-24(14-19)12-15-4-1-7-21-11-15/h1-2,4-5,7-8,11,16H,3,6,9-10,12-14H2,(H,22,23)/t16-,19+/m1/s1. The van der Waals surface area contributed by atoms with E-state index < -0.39 is 0 Å². The van der Waals surface area contributed by atoms with Crippen LogP contribution >= 0.6 is 0 Å². The first-order valence-corrected chi connectivity index (χ1v) is 8.85. The van der Waals surface area contributed by atoms with Crippen LogP contribution in [0.2, 0.25) is 0 Å². The fourth-order valence-corrected chi connectivity index (χ4v) is 3.98. The van der Waals surface area contributed by atoms with Crippen LogP contribution in [0.25, 0.3) is 0 Å². The minimum absolute atomic E-state index is 0.0998. The number of hydrogen-bond acceptors (Lipinski definition) is 5. The molecule has 2 atom stereocenters. The molecule has 0 amide bonds. The van der Waals surface area contributed by atoms with E-state index >= 15 is 0 Å². The van der Waals surface area contributed by atoms with Gasteiger partial charge in [0, 0.05) is 38.1 Å². The Morgan fingerprint density at radius 3 is 3.08 bits per heavy atom. The van der Waals surface area contributed by atoms with Gasteiger partial charge in [0.15, 0.2) is 11.6 Å². The summed E-state index contributed by atoms with van der Waals surface area (Å²) in [5, 5.41) is 3.21. The molecule has 0 radical (unpaired) electrons. The number of rotatable bonds is 4. The SMILES string of the molecule is Fc1cccnc1N[C@H]1CO[C@@]2(CCCN(Cc3cccnc3)C2)C1. The first-order chi connectivity index (χ1) is 12.2. The molecule has 132 valence electrons. The summed E-state index contributed by atoms with van der Waals surface area (Å²) in [6.45, 7) is 3.47. The molecule has 0 aromatic carbocycles. The number of ether oxygens (including phenoxy) is 1. The molecule has 4 heterocycles. The summed E-state index contributed by atoms with van der Waals surface area (Å²) in [4.78, 5) is 10.7. The highest BCUT2D eigenvalue weighted by Crippen LogP contribution is 2.36. The van der Waals surface area contributed by atoms with Gasteiger partial charge in [-0.25, -0.2) is 9.37 Å². The molecule has 2 saturated heterocycles. The second-order valence-electron chi connectivity index (χ2n) is 7.05. The van der Waals surface area contributed by atoms with Crippen molar-refractivity contribution in [3.05, 3.63) is 54.2 Å². The van der Waals surface area contributed by atoms with E-state index in [1.807, 2.05) is 12.3 Å². The number of pyridine rings is 2. The lowest BCUT2D eigenvalue weighted by molar-refractivity contribution is -0.0533. The van der Waals surface area contributed by atoms with Gasteiger partial charge in [-0.2, -0.15) is 0 Å². The van der Waals surface area contributed by atoms with E-state index in [1.165, 1.54) is 11.6 Å². The van der Waals surface area contributed by atoms with Gasteiger partial charge in [-0.05, 0) is 43.1 Å². The van der Waals surface area contributed by atoms with Gasteiger partial charge in [-0.15, -0.1) is 0 Å². The molecular weight excluding hydrogens is 319 g/mol. The molecular formula is C19H23FN4O. The maximum Gasteiger partial charge on any atom is 0.165 e. The molecule has 6 heteroatoms. The van der Waals surface area contributed by atoms with E-state index in [0.29, 0.717) is 12.4 Å². The highest BCUT2D eigenvalue weighted by molar-refractivity contribution is 5.37. The van der Waals surface area contributed by atoms with Crippen LogP contribution in [-0.4, -0.2) is 46.2 Å². The third-order valence-electron chi connectivity index (χ3n) is 5.06. The van der Waals surface area contributed by atoms with E-state index in [0.717, 1.165) is 38.9 Å². The largest absolute Gasteiger partial charge is 0.371 e. The molecule has 2 aromatic heterocycles. The molecule has 0 aliphatic carbocycles. The van der Waals surface area contributed by atoms with Crippen molar-refractivity contribution in [3.63, 3.8) is 0 Å². The van der Waals surface area contributed by atoms with Crippen LogP contribution in [0.15, 0.2) is 42.9 Å². The number of nitrogens with zero attached hydrogens (tertiary/aromatic N) is 3. The minimum atomic E-state index is -0.315. The maximum absolute atomic E-state index is 13.8. The Bertz CT molecular complexity index is 714. The summed E-state index contributed by atoms with van der Waals surface area (Å²) < 4.78 is 20.0. The van der Waals surface area contributed by atoms with Gasteiger partial charge in [-0.1, -0.05) is 6.07 Å². The molecule has 4 rings (SSSR count). The number of hydrogen-bond donors (Lipinski definition) is 1. The number of nitrogens with one attached hydrogen (secondary N) is 1. The molecule has 0 bridgehead atoms. The second kappa shape index (κ2) is 7.06. The Kier molecular flexibility index (Phi) is 4.63. The predicted molar refractivity (Wildman–Crippen MR) is 93.7 cm³/mol. The highest BCUT2D eigenvalue weighted by atomic mass is 19.1. The minimum Gasteiger partial charge on any atom is -0.371 e. The molecule has 0 saturated carbocycles. The Balaban J connectivity index is 1.38. The molecule has 1 N–H and O–H groups in total. The third-order valence-corrected chi connectivity index (χ3v) is 5.06. The second-order valence-corrected chi connectivity index (χ2v) is 7.05. The van der Waals surface area contributed by atoms with E-state index in [9.17, 15) is 4.39 Å². The topological polar surface area (TPSA) is 50.3 Å². The van der Waals surface area contributed by atoms with Crippen LogP contribution in [0.4, 0.5) is 10.2 Å². The molecule has 0 unspecified atom stereocenters. The Morgan fingerprint density at radius 2 is 2.24 bits per heavy atom. The van der Waals surface area contributed by atoms with Crippen LogP contribution in [0.5, 0.6) is 0 Å². The van der Waals surface area contributed by atoms with Crippen molar-refractivity contribution in [1.29, 1.82) is 0 Å². The van der Waals surface area contributed by atoms with Gasteiger partial charge in [0.2, 0.25) is 0 Å². The highest BCUT2D eigenvalue weighted by Gasteiger charge is 2.43. The van der Waals surface area contributed by atoms with Crippen molar-refractivity contribution >= 4 is 5.82 Å². The average molecular weight is 342 g/mol. The van der Waals surface area contributed by atoms with Gasteiger partial charge in [-0.3, -0.25) is 9.88 Å². The fourth-order valence-electron chi connectivity index (χ4n) is 3.98. The molecule has 1 spiro atoms. The third kappa shape index (κ3) is 3.80. The van der Waals surface area contributed by atoms with Crippen LogP contribution in [0.3, 0.4) is 0 Å². The van der Waals surface area contributed by atoms with Crippen LogP contribution in [0.1, 0.15) is 24.8 Å². The molecule has 5 nitrogen and oxygen atoms in total. The van der Waals surface area contributed by atoms with E-state index in [2.05, 4.69) is 26.3 Å². The van der Waals surface area contributed by atoms with E-state index in [-0.39, 0.29) is 17.5 Å². The fraction of sp³-hybridized carbons (Fsp3) is 0.474. The Morgan fingerprint density at radius 1 is 1.32 bits per heavy atom. The monoisotopic (exact) mass is 342 g/mol. The van der Waals surface area contributed by atoms with Gasteiger partial charge in [0.1, 0.15) is 0 Å².